The molecule has 0 atom stereocenters. The van der Waals surface area contributed by atoms with Crippen LogP contribution in [0.4, 0.5) is 19.0 Å². The van der Waals surface area contributed by atoms with Crippen molar-refractivity contribution in [3.8, 4) is 17.6 Å². The van der Waals surface area contributed by atoms with Crippen molar-refractivity contribution in [2.45, 2.75) is 31.5 Å². The average molecular weight is 523 g/mol. The molecule has 3 aromatic rings. The van der Waals surface area contributed by atoms with Crippen molar-refractivity contribution in [1.82, 2.24) is 9.88 Å². The predicted octanol–water partition coefficient (Wildman–Crippen LogP) is 4.01. The molecule has 0 aliphatic carbocycles. The fraction of sp³-hybridized carbons (Fsp3) is 0.250. The third kappa shape index (κ3) is 6.30. The maximum Gasteiger partial charge on any atom is 0.491 e. The smallest absolute Gasteiger partial charge is 0.418 e. The van der Waals surface area contributed by atoms with Gasteiger partial charge in [0.1, 0.15) is 5.82 Å². The number of ether oxygens (including phenoxy) is 1. The minimum Gasteiger partial charge on any atom is -0.418 e. The van der Waals surface area contributed by atoms with Gasteiger partial charge in [-0.2, -0.15) is 13.2 Å². The van der Waals surface area contributed by atoms with E-state index >= 15 is 0 Å². The highest BCUT2D eigenvalue weighted by molar-refractivity contribution is 5.99. The van der Waals surface area contributed by atoms with Crippen LogP contribution in [0.2, 0.25) is 0 Å². The van der Waals surface area contributed by atoms with Crippen molar-refractivity contribution < 1.29 is 27.5 Å². The Kier molecular flexibility index (Phi) is 7.98. The number of carbonyl (C=O) groups excluding carboxylic acids is 2. The number of para-hydroxylation sites is 1. The van der Waals surface area contributed by atoms with Gasteiger partial charge in [-0.25, -0.2) is 9.78 Å². The Morgan fingerprint density at radius 1 is 1.05 bits per heavy atom. The standard InChI is InChI=1S/C28H25F3N4O3/c29-28(30,31)27(37)38-25-21(9-7-18-8-10-24(33)34-17-18)4-2-6-23(25)26(36)35-13-11-20(12-14-35)22-5-1-3-19(15-22)16-32/h1-6,8,10,15,17,20H,11-14,16,32H2,(H2,33,34). The quantitative estimate of drug-likeness (QED) is 0.304. The molecule has 2 heterocycles. The molecule has 0 spiro atoms. The van der Waals surface area contributed by atoms with Crippen molar-refractivity contribution in [1.29, 1.82) is 0 Å². The molecule has 1 fully saturated rings. The van der Waals surface area contributed by atoms with Crippen LogP contribution >= 0.6 is 0 Å². The lowest BCUT2D eigenvalue weighted by atomic mass is 9.88. The van der Waals surface area contributed by atoms with Gasteiger partial charge in [-0.05, 0) is 54.2 Å². The lowest BCUT2D eigenvalue weighted by Gasteiger charge is -2.32. The Morgan fingerprint density at radius 2 is 1.79 bits per heavy atom. The van der Waals surface area contributed by atoms with Crippen molar-refractivity contribution in [2.75, 3.05) is 18.8 Å². The van der Waals surface area contributed by atoms with E-state index in [1.807, 2.05) is 18.2 Å². The van der Waals surface area contributed by atoms with Gasteiger partial charge in [0.15, 0.2) is 5.75 Å². The molecule has 1 aromatic heterocycles. The van der Waals surface area contributed by atoms with Gasteiger partial charge in [-0.15, -0.1) is 0 Å². The van der Waals surface area contributed by atoms with E-state index in [1.54, 1.807) is 11.0 Å². The van der Waals surface area contributed by atoms with Gasteiger partial charge in [-0.1, -0.05) is 42.2 Å². The van der Waals surface area contributed by atoms with E-state index in [-0.39, 0.29) is 22.9 Å². The Labute approximate surface area is 217 Å². The summed E-state index contributed by atoms with van der Waals surface area (Å²) in [6, 6.07) is 15.3. The van der Waals surface area contributed by atoms with E-state index in [9.17, 15) is 22.8 Å². The number of rotatable bonds is 4. The van der Waals surface area contributed by atoms with Gasteiger partial charge in [0.2, 0.25) is 0 Å². The first-order valence-corrected chi connectivity index (χ1v) is 11.9. The Balaban J connectivity index is 1.60. The predicted molar refractivity (Wildman–Crippen MR) is 135 cm³/mol. The number of amides is 1. The van der Waals surface area contributed by atoms with Gasteiger partial charge in [-0.3, -0.25) is 4.79 Å². The molecule has 4 N–H and O–H groups in total. The van der Waals surface area contributed by atoms with Gasteiger partial charge in [0.05, 0.1) is 11.1 Å². The molecule has 2 aromatic carbocycles. The summed E-state index contributed by atoms with van der Waals surface area (Å²) in [7, 11) is 0. The molecular formula is C28H25F3N4O3. The zero-order chi connectivity index (χ0) is 27.3. The van der Waals surface area contributed by atoms with Crippen LogP contribution in [0.3, 0.4) is 0 Å². The monoisotopic (exact) mass is 522 g/mol. The van der Waals surface area contributed by atoms with Crippen molar-refractivity contribution in [2.24, 2.45) is 5.73 Å². The first-order valence-electron chi connectivity index (χ1n) is 11.9. The number of hydrogen-bond acceptors (Lipinski definition) is 6. The highest BCUT2D eigenvalue weighted by Gasteiger charge is 2.42. The Morgan fingerprint density at radius 3 is 2.45 bits per heavy atom. The normalized spacial score (nSPS) is 13.9. The maximum atomic E-state index is 13.4. The number of halogens is 3. The molecule has 4 rings (SSSR count). The molecule has 1 saturated heterocycles. The molecular weight excluding hydrogens is 497 g/mol. The second kappa shape index (κ2) is 11.4. The number of hydrogen-bond donors (Lipinski definition) is 2. The summed E-state index contributed by atoms with van der Waals surface area (Å²) in [6.45, 7) is 1.20. The lowest BCUT2D eigenvalue weighted by Crippen LogP contribution is -2.38. The molecule has 38 heavy (non-hydrogen) atoms. The van der Waals surface area contributed by atoms with Gasteiger partial charge >= 0.3 is 12.1 Å². The largest absolute Gasteiger partial charge is 0.491 e. The van der Waals surface area contributed by atoms with Crippen LogP contribution in [0.25, 0.3) is 0 Å². The van der Waals surface area contributed by atoms with E-state index in [4.69, 9.17) is 16.2 Å². The second-order valence-electron chi connectivity index (χ2n) is 8.81. The summed E-state index contributed by atoms with van der Waals surface area (Å²) in [5.74, 6) is 2.42. The van der Waals surface area contributed by atoms with E-state index < -0.39 is 23.8 Å². The minimum atomic E-state index is -5.25. The van der Waals surface area contributed by atoms with E-state index in [2.05, 4.69) is 22.9 Å². The van der Waals surface area contributed by atoms with Crippen LogP contribution in [0.1, 0.15) is 51.4 Å². The molecule has 1 amide bonds. The number of benzene rings is 2. The summed E-state index contributed by atoms with van der Waals surface area (Å²) in [5.41, 5.74) is 13.7. The third-order valence-corrected chi connectivity index (χ3v) is 6.24. The first kappa shape index (κ1) is 26.7. The highest BCUT2D eigenvalue weighted by atomic mass is 19.4. The molecule has 0 saturated carbocycles. The second-order valence-corrected chi connectivity index (χ2v) is 8.81. The van der Waals surface area contributed by atoms with Gasteiger partial charge in [0, 0.05) is 31.4 Å². The van der Waals surface area contributed by atoms with Crippen LogP contribution in [0.15, 0.2) is 60.8 Å². The zero-order valence-corrected chi connectivity index (χ0v) is 20.3. The number of piperidine rings is 1. The Hall–Kier alpha value is -4.36. The minimum absolute atomic E-state index is 0.0428. The van der Waals surface area contributed by atoms with Gasteiger partial charge in [0.25, 0.3) is 5.91 Å². The van der Waals surface area contributed by atoms with Crippen molar-refractivity contribution >= 4 is 17.7 Å². The highest BCUT2D eigenvalue weighted by Crippen LogP contribution is 2.32. The molecule has 10 heteroatoms. The number of aromatic nitrogens is 1. The average Bonchev–Trinajstić information content (AvgIpc) is 2.92. The number of nitrogens with zero attached hydrogens (tertiary/aromatic N) is 2. The van der Waals surface area contributed by atoms with E-state index in [0.717, 1.165) is 11.1 Å². The number of pyridine rings is 1. The molecule has 0 bridgehead atoms. The number of likely N-dealkylation sites (tertiary alicyclic amines) is 1. The number of nitrogens with two attached hydrogens (primary N) is 2. The Bertz CT molecular complexity index is 1390. The van der Waals surface area contributed by atoms with Crippen molar-refractivity contribution in [3.05, 3.63) is 88.6 Å². The number of esters is 1. The summed E-state index contributed by atoms with van der Waals surface area (Å²) in [5, 5.41) is 0. The molecule has 1 aliphatic heterocycles. The molecule has 196 valence electrons. The van der Waals surface area contributed by atoms with Crippen molar-refractivity contribution in [3.63, 3.8) is 0 Å². The summed E-state index contributed by atoms with van der Waals surface area (Å²) < 4.78 is 43.9. The lowest BCUT2D eigenvalue weighted by molar-refractivity contribution is -0.189. The van der Waals surface area contributed by atoms with Crippen LogP contribution in [-0.4, -0.2) is 41.0 Å². The SMILES string of the molecule is NCc1cccc(C2CCN(C(=O)c3cccc(C#Cc4ccc(N)nc4)c3OC(=O)C(F)(F)F)CC2)c1. The molecule has 0 radical (unpaired) electrons. The summed E-state index contributed by atoms with van der Waals surface area (Å²) >= 11 is 0. The fourth-order valence-corrected chi connectivity index (χ4v) is 4.24. The van der Waals surface area contributed by atoms with Crippen LogP contribution < -0.4 is 16.2 Å². The molecule has 0 unspecified atom stereocenters. The number of anilines is 1. The maximum absolute atomic E-state index is 13.4. The molecule has 7 nitrogen and oxygen atoms in total. The zero-order valence-electron chi connectivity index (χ0n) is 20.3. The topological polar surface area (TPSA) is 112 Å². The first-order chi connectivity index (χ1) is 18.2. The number of nitrogen functional groups attached to an aromatic ring is 1. The number of alkyl halides is 3. The van der Waals surface area contributed by atoms with Crippen LogP contribution in [0, 0.1) is 11.8 Å². The fourth-order valence-electron chi connectivity index (χ4n) is 4.24. The molecule has 1 aliphatic rings. The summed E-state index contributed by atoms with van der Waals surface area (Å²) in [6.07, 6.45) is -2.52. The van der Waals surface area contributed by atoms with E-state index in [1.165, 1.54) is 30.5 Å². The van der Waals surface area contributed by atoms with Crippen LogP contribution in [0.5, 0.6) is 5.75 Å². The van der Waals surface area contributed by atoms with Gasteiger partial charge < -0.3 is 21.1 Å². The summed E-state index contributed by atoms with van der Waals surface area (Å²) in [4.78, 5) is 30.6. The number of carbonyl (C=O) groups is 2. The van der Waals surface area contributed by atoms with E-state index in [0.29, 0.717) is 38.0 Å². The third-order valence-electron chi connectivity index (χ3n) is 6.24. The van der Waals surface area contributed by atoms with Crippen LogP contribution in [-0.2, 0) is 11.3 Å².